The Morgan fingerprint density at radius 2 is 1.94 bits per heavy atom. The summed E-state index contributed by atoms with van der Waals surface area (Å²) in [7, 11) is 1.61. The number of ether oxygens (including phenoxy) is 2. The summed E-state index contributed by atoms with van der Waals surface area (Å²) in [5.41, 5.74) is 7.54. The molecule has 0 fully saturated rings. The molecule has 0 atom stereocenters. The number of nitrogens with two attached hydrogens (primary N) is 1. The van der Waals surface area contributed by atoms with Gasteiger partial charge in [0.1, 0.15) is 6.61 Å². The van der Waals surface area contributed by atoms with Gasteiger partial charge in [-0.05, 0) is 49.5 Å². The predicted molar refractivity (Wildman–Crippen MR) is 121 cm³/mol. The summed E-state index contributed by atoms with van der Waals surface area (Å²) in [4.78, 5) is 11.9. The fourth-order valence-corrected chi connectivity index (χ4v) is 3.28. The fraction of sp³-hybridized carbons (Fsp3) is 0.250. The van der Waals surface area contributed by atoms with Gasteiger partial charge in [-0.2, -0.15) is 0 Å². The molecule has 9 nitrogen and oxygen atoms in total. The van der Waals surface area contributed by atoms with Crippen LogP contribution in [0.3, 0.4) is 0 Å². The van der Waals surface area contributed by atoms with Crippen molar-refractivity contribution in [3.63, 3.8) is 0 Å². The van der Waals surface area contributed by atoms with Gasteiger partial charge in [0.15, 0.2) is 11.5 Å². The molecule has 1 amide bonds. The van der Waals surface area contributed by atoms with Crippen molar-refractivity contribution in [2.75, 3.05) is 25.9 Å². The Kier molecular flexibility index (Phi) is 9.57. The Hall–Kier alpha value is -2.82. The lowest BCUT2D eigenvalue weighted by Crippen LogP contribution is -2.32. The molecule has 0 aliphatic carbocycles. The summed E-state index contributed by atoms with van der Waals surface area (Å²) in [6.45, 7) is 1.96. The number of methoxy groups -OCH3 is 1. The zero-order chi connectivity index (χ0) is 21.3. The molecule has 3 aromatic rings. The van der Waals surface area contributed by atoms with E-state index >= 15 is 0 Å². The van der Waals surface area contributed by atoms with Crippen LogP contribution in [0, 0.1) is 0 Å². The van der Waals surface area contributed by atoms with Gasteiger partial charge in [0.2, 0.25) is 11.5 Å². The normalized spacial score (nSPS) is 10.3. The van der Waals surface area contributed by atoms with E-state index in [2.05, 4.69) is 41.5 Å². The van der Waals surface area contributed by atoms with Crippen LogP contribution >= 0.6 is 28.3 Å². The topological polar surface area (TPSA) is 125 Å². The summed E-state index contributed by atoms with van der Waals surface area (Å²) < 4.78 is 16.7. The number of nitrogens with one attached hydrogen (secondary N) is 2. The highest BCUT2D eigenvalue weighted by Crippen LogP contribution is 2.37. The number of nitrogens with zero attached hydrogens (tertiary/aromatic N) is 2. The number of carbonyl (C=O) groups excluding carboxylic acids is 1. The second-order valence-corrected chi connectivity index (χ2v) is 7.17. The van der Waals surface area contributed by atoms with Gasteiger partial charge >= 0.3 is 0 Å². The maximum Gasteiger partial charge on any atom is 0.277 e. The smallest absolute Gasteiger partial charge is 0.277 e. The molecule has 0 bridgehead atoms. The number of hydrogen-bond acceptors (Lipinski definition) is 8. The van der Waals surface area contributed by atoms with Crippen molar-refractivity contribution in [1.82, 2.24) is 20.9 Å². The van der Waals surface area contributed by atoms with Gasteiger partial charge in [-0.15, -0.1) is 12.4 Å². The van der Waals surface area contributed by atoms with Gasteiger partial charge < -0.3 is 25.8 Å². The van der Waals surface area contributed by atoms with Crippen molar-refractivity contribution in [2.24, 2.45) is 0 Å². The highest BCUT2D eigenvalue weighted by molar-refractivity contribution is 9.10. The van der Waals surface area contributed by atoms with Crippen LogP contribution in [0.25, 0.3) is 0 Å². The zero-order valence-electron chi connectivity index (χ0n) is 16.8. The molecule has 0 unspecified atom stereocenters. The molecule has 3 rings (SSSR count). The molecular formula is C20H23BrClN5O4. The third kappa shape index (κ3) is 6.84. The number of anilines is 1. The second kappa shape index (κ2) is 12.1. The molecule has 0 saturated carbocycles. The molecule has 0 saturated heterocycles. The molecule has 0 aliphatic rings. The number of rotatable bonds is 10. The minimum absolute atomic E-state index is 0. The Labute approximate surface area is 194 Å². The lowest BCUT2D eigenvalue weighted by molar-refractivity contribution is 0.0944. The maximum atomic E-state index is 11.9. The molecule has 4 N–H and O–H groups in total. The average Bonchev–Trinajstić information content (AvgIpc) is 3.19. The number of benzene rings is 2. The van der Waals surface area contributed by atoms with Crippen LogP contribution < -0.4 is 25.8 Å². The molecule has 31 heavy (non-hydrogen) atoms. The van der Waals surface area contributed by atoms with Crippen molar-refractivity contribution in [3.8, 4) is 11.5 Å². The molecule has 11 heteroatoms. The lowest BCUT2D eigenvalue weighted by atomic mass is 10.2. The standard InChI is InChI=1S/C20H22BrN5O4.ClH/c1-28-16-10-14(9-15(21)18(16)29-12-13-5-3-2-4-6-13)11-23-7-8-24-20(27)17-19(22)26-30-25-17;/h2-6,9-10,23H,7-8,11-12H2,1H3,(H2,22,26)(H,24,27);1H. The van der Waals surface area contributed by atoms with Crippen LogP contribution in [-0.4, -0.2) is 36.4 Å². The van der Waals surface area contributed by atoms with Gasteiger partial charge in [0.05, 0.1) is 11.6 Å². The highest BCUT2D eigenvalue weighted by atomic mass is 79.9. The van der Waals surface area contributed by atoms with Crippen LogP contribution in [0.4, 0.5) is 5.82 Å². The van der Waals surface area contributed by atoms with E-state index in [0.29, 0.717) is 37.7 Å². The first-order valence-electron chi connectivity index (χ1n) is 9.18. The summed E-state index contributed by atoms with van der Waals surface area (Å²) in [5.74, 6) is 0.822. The van der Waals surface area contributed by atoms with Crippen molar-refractivity contribution in [3.05, 3.63) is 63.8 Å². The third-order valence-corrected chi connectivity index (χ3v) is 4.75. The molecule has 2 aromatic carbocycles. The molecule has 0 spiro atoms. The van der Waals surface area contributed by atoms with Crippen LogP contribution in [0.15, 0.2) is 51.6 Å². The number of nitrogen functional groups attached to an aromatic ring is 1. The Morgan fingerprint density at radius 3 is 2.61 bits per heavy atom. The third-order valence-electron chi connectivity index (χ3n) is 4.16. The Bertz CT molecular complexity index is 987. The van der Waals surface area contributed by atoms with Crippen molar-refractivity contribution in [1.29, 1.82) is 0 Å². The van der Waals surface area contributed by atoms with E-state index in [0.717, 1.165) is 15.6 Å². The van der Waals surface area contributed by atoms with E-state index in [1.54, 1.807) is 7.11 Å². The molecule has 1 heterocycles. The fourth-order valence-electron chi connectivity index (χ4n) is 2.68. The van der Waals surface area contributed by atoms with Crippen molar-refractivity contribution < 1.29 is 18.9 Å². The van der Waals surface area contributed by atoms with Crippen LogP contribution in [-0.2, 0) is 13.2 Å². The van der Waals surface area contributed by atoms with Crippen LogP contribution in [0.1, 0.15) is 21.6 Å². The number of carbonyl (C=O) groups is 1. The second-order valence-electron chi connectivity index (χ2n) is 6.31. The maximum absolute atomic E-state index is 11.9. The van der Waals surface area contributed by atoms with Gasteiger partial charge in [-0.3, -0.25) is 4.79 Å². The summed E-state index contributed by atoms with van der Waals surface area (Å²) in [6, 6.07) is 13.8. The summed E-state index contributed by atoms with van der Waals surface area (Å²) in [6.07, 6.45) is 0. The molecule has 0 radical (unpaired) electrons. The molecule has 0 aliphatic heterocycles. The largest absolute Gasteiger partial charge is 0.493 e. The average molecular weight is 513 g/mol. The summed E-state index contributed by atoms with van der Waals surface area (Å²) >= 11 is 3.56. The quantitative estimate of drug-likeness (QED) is 0.354. The van der Waals surface area contributed by atoms with Crippen LogP contribution in [0.5, 0.6) is 11.5 Å². The predicted octanol–water partition coefficient (Wildman–Crippen LogP) is 2.94. The lowest BCUT2D eigenvalue weighted by Gasteiger charge is -2.15. The minimum atomic E-state index is -0.431. The van der Waals surface area contributed by atoms with Crippen molar-refractivity contribution in [2.45, 2.75) is 13.2 Å². The molecule has 1 aromatic heterocycles. The number of aromatic nitrogens is 2. The van der Waals surface area contributed by atoms with Crippen molar-refractivity contribution >= 4 is 40.1 Å². The van der Waals surface area contributed by atoms with E-state index in [-0.39, 0.29) is 23.9 Å². The minimum Gasteiger partial charge on any atom is -0.493 e. The van der Waals surface area contributed by atoms with Crippen LogP contribution in [0.2, 0.25) is 0 Å². The Morgan fingerprint density at radius 1 is 1.16 bits per heavy atom. The van der Waals surface area contributed by atoms with Gasteiger partial charge in [0, 0.05) is 19.6 Å². The summed E-state index contributed by atoms with van der Waals surface area (Å²) in [5, 5.41) is 12.8. The van der Waals surface area contributed by atoms with E-state index < -0.39 is 5.91 Å². The van der Waals surface area contributed by atoms with E-state index in [1.807, 2.05) is 42.5 Å². The number of hydrogen-bond donors (Lipinski definition) is 3. The van der Waals surface area contributed by atoms with Gasteiger partial charge in [-0.25, -0.2) is 4.63 Å². The zero-order valence-corrected chi connectivity index (χ0v) is 19.2. The molecular weight excluding hydrogens is 490 g/mol. The first-order valence-corrected chi connectivity index (χ1v) is 9.98. The monoisotopic (exact) mass is 511 g/mol. The van der Waals surface area contributed by atoms with E-state index in [1.165, 1.54) is 0 Å². The SMILES string of the molecule is COc1cc(CNCCNC(=O)c2nonc2N)cc(Br)c1OCc1ccccc1.Cl. The van der Waals surface area contributed by atoms with Gasteiger partial charge in [-0.1, -0.05) is 30.3 Å². The number of amides is 1. The number of halogens is 2. The van der Waals surface area contributed by atoms with Gasteiger partial charge in [0.25, 0.3) is 5.91 Å². The highest BCUT2D eigenvalue weighted by Gasteiger charge is 2.15. The Balaban J connectivity index is 0.00000341. The first-order chi connectivity index (χ1) is 14.6. The van der Waals surface area contributed by atoms with E-state index in [9.17, 15) is 4.79 Å². The first kappa shape index (κ1) is 24.4. The molecule has 166 valence electrons. The van der Waals surface area contributed by atoms with E-state index in [4.69, 9.17) is 15.2 Å².